The maximum atomic E-state index is 5.89. The Balaban J connectivity index is 2.22. The van der Waals surface area contributed by atoms with E-state index >= 15 is 0 Å². The van der Waals surface area contributed by atoms with Crippen LogP contribution in [0, 0.1) is 0 Å². The van der Waals surface area contributed by atoms with Crippen LogP contribution in [0.15, 0.2) is 12.1 Å². The monoisotopic (exact) mass is 310 g/mol. The zero-order valence-electron chi connectivity index (χ0n) is 13.0. The molecule has 0 aliphatic rings. The summed E-state index contributed by atoms with van der Waals surface area (Å²) in [7, 11) is 5.82. The van der Waals surface area contributed by atoms with Crippen LogP contribution in [-0.4, -0.2) is 53.1 Å². The number of alkyl halides is 1. The van der Waals surface area contributed by atoms with Crippen LogP contribution in [0.4, 0.5) is 0 Å². The molecular formula is C15H23ClN4O. The predicted molar refractivity (Wildman–Crippen MR) is 86.3 cm³/mol. The fraction of sp³-hybridized carbons (Fsp3) is 0.600. The molecule has 0 amide bonds. The van der Waals surface area contributed by atoms with Crippen molar-refractivity contribution in [2.75, 3.05) is 33.6 Å². The third kappa shape index (κ3) is 4.08. The number of aryl methyl sites for hydroxylation is 2. The van der Waals surface area contributed by atoms with Crippen molar-refractivity contribution >= 4 is 22.8 Å². The highest BCUT2D eigenvalue weighted by atomic mass is 35.5. The van der Waals surface area contributed by atoms with E-state index in [1.807, 2.05) is 12.1 Å². The lowest BCUT2D eigenvalue weighted by Crippen LogP contribution is -2.14. The van der Waals surface area contributed by atoms with Crippen LogP contribution < -0.4 is 4.74 Å². The molecule has 0 fully saturated rings. The first kappa shape index (κ1) is 16.0. The molecule has 0 aliphatic carbocycles. The van der Waals surface area contributed by atoms with E-state index in [2.05, 4.69) is 33.5 Å². The number of unbranched alkanes of at least 4 members (excludes halogenated alkanes) is 1. The number of hydrogen-bond acceptors (Lipinski definition) is 4. The Morgan fingerprint density at radius 1 is 1.24 bits per heavy atom. The fourth-order valence-corrected chi connectivity index (χ4v) is 2.52. The lowest BCUT2D eigenvalue weighted by atomic mass is 10.3. The van der Waals surface area contributed by atoms with E-state index in [9.17, 15) is 0 Å². The fourth-order valence-electron chi connectivity index (χ4n) is 2.35. The molecule has 0 unspecified atom stereocenters. The molecule has 2 aromatic rings. The maximum absolute atomic E-state index is 5.89. The second kappa shape index (κ2) is 7.61. The molecule has 0 N–H and O–H groups in total. The zero-order valence-corrected chi connectivity index (χ0v) is 13.7. The third-order valence-corrected chi connectivity index (χ3v) is 3.60. The van der Waals surface area contributed by atoms with Crippen LogP contribution in [0.25, 0.3) is 11.2 Å². The number of aromatic nitrogens is 3. The normalized spacial score (nSPS) is 11.5. The molecule has 2 aromatic heterocycles. The number of fused-ring (bicyclic) bond motifs is 1. The second-order valence-corrected chi connectivity index (χ2v) is 5.70. The van der Waals surface area contributed by atoms with E-state index in [1.165, 1.54) is 0 Å². The lowest BCUT2D eigenvalue weighted by molar-refractivity contribution is 0.386. The SMILES string of the molecule is COc1ccc2nc(CCCl)n(CCCCN(C)C)c2n1. The summed E-state index contributed by atoms with van der Waals surface area (Å²) < 4.78 is 7.40. The number of rotatable bonds is 8. The van der Waals surface area contributed by atoms with Crippen molar-refractivity contribution in [1.29, 1.82) is 0 Å². The van der Waals surface area contributed by atoms with Crippen molar-refractivity contribution in [3.05, 3.63) is 18.0 Å². The molecule has 0 bridgehead atoms. The molecule has 2 rings (SSSR count). The van der Waals surface area contributed by atoms with Gasteiger partial charge in [0.05, 0.1) is 7.11 Å². The minimum atomic E-state index is 0.568. The van der Waals surface area contributed by atoms with Gasteiger partial charge in [0, 0.05) is 24.9 Å². The molecule has 0 saturated heterocycles. The summed E-state index contributed by atoms with van der Waals surface area (Å²) in [6.45, 7) is 2.00. The smallest absolute Gasteiger partial charge is 0.215 e. The Kier molecular flexibility index (Phi) is 5.82. The highest BCUT2D eigenvalue weighted by Gasteiger charge is 2.12. The van der Waals surface area contributed by atoms with Gasteiger partial charge in [-0.25, -0.2) is 4.98 Å². The van der Waals surface area contributed by atoms with Gasteiger partial charge in [-0.2, -0.15) is 4.98 Å². The van der Waals surface area contributed by atoms with Crippen molar-refractivity contribution in [3.63, 3.8) is 0 Å². The van der Waals surface area contributed by atoms with Gasteiger partial charge in [-0.3, -0.25) is 0 Å². The molecule has 0 radical (unpaired) electrons. The first-order chi connectivity index (χ1) is 10.2. The number of halogens is 1. The number of imidazole rings is 1. The lowest BCUT2D eigenvalue weighted by Gasteiger charge is -2.11. The highest BCUT2D eigenvalue weighted by molar-refractivity contribution is 6.17. The number of methoxy groups -OCH3 is 1. The van der Waals surface area contributed by atoms with Crippen LogP contribution in [-0.2, 0) is 13.0 Å². The highest BCUT2D eigenvalue weighted by Crippen LogP contribution is 2.19. The van der Waals surface area contributed by atoms with Gasteiger partial charge in [-0.05, 0) is 39.5 Å². The number of nitrogens with zero attached hydrogens (tertiary/aromatic N) is 4. The van der Waals surface area contributed by atoms with Crippen molar-refractivity contribution in [2.45, 2.75) is 25.8 Å². The minimum Gasteiger partial charge on any atom is -0.481 e. The average Bonchev–Trinajstić information content (AvgIpc) is 2.80. The number of ether oxygens (including phenoxy) is 1. The molecule has 0 aliphatic heterocycles. The second-order valence-electron chi connectivity index (χ2n) is 5.33. The van der Waals surface area contributed by atoms with Gasteiger partial charge in [0.1, 0.15) is 11.3 Å². The van der Waals surface area contributed by atoms with Crippen LogP contribution in [0.5, 0.6) is 5.88 Å². The summed E-state index contributed by atoms with van der Waals surface area (Å²) in [5.74, 6) is 2.19. The minimum absolute atomic E-state index is 0.568. The van der Waals surface area contributed by atoms with Gasteiger partial charge in [-0.1, -0.05) is 0 Å². The summed E-state index contributed by atoms with van der Waals surface area (Å²) in [6, 6.07) is 3.80. The standard InChI is InChI=1S/C15H23ClN4O/c1-19(2)10-4-5-11-20-13(8-9-16)17-12-6-7-14(21-3)18-15(12)20/h6-7H,4-5,8-11H2,1-3H3. The van der Waals surface area contributed by atoms with Crippen molar-refractivity contribution in [2.24, 2.45) is 0 Å². The van der Waals surface area contributed by atoms with Crippen molar-refractivity contribution in [1.82, 2.24) is 19.4 Å². The van der Waals surface area contributed by atoms with Gasteiger partial charge in [0.25, 0.3) is 0 Å². The van der Waals surface area contributed by atoms with Crippen molar-refractivity contribution in [3.8, 4) is 5.88 Å². The molecule has 0 atom stereocenters. The van der Waals surface area contributed by atoms with Crippen LogP contribution in [0.3, 0.4) is 0 Å². The third-order valence-electron chi connectivity index (χ3n) is 3.41. The zero-order chi connectivity index (χ0) is 15.2. The van der Waals surface area contributed by atoms with E-state index < -0.39 is 0 Å². The van der Waals surface area contributed by atoms with E-state index in [-0.39, 0.29) is 0 Å². The van der Waals surface area contributed by atoms with E-state index in [0.717, 1.165) is 49.3 Å². The topological polar surface area (TPSA) is 43.2 Å². The van der Waals surface area contributed by atoms with Crippen LogP contribution in [0.2, 0.25) is 0 Å². The molecule has 6 heteroatoms. The van der Waals surface area contributed by atoms with Crippen LogP contribution >= 0.6 is 11.6 Å². The predicted octanol–water partition coefficient (Wildman–Crippen LogP) is 2.56. The Labute approximate surface area is 130 Å². The molecule has 2 heterocycles. The molecular weight excluding hydrogens is 288 g/mol. The Bertz CT molecular complexity index is 582. The number of pyridine rings is 1. The van der Waals surface area contributed by atoms with E-state index in [1.54, 1.807) is 7.11 Å². The summed E-state index contributed by atoms with van der Waals surface area (Å²) in [5.41, 5.74) is 1.79. The van der Waals surface area contributed by atoms with Gasteiger partial charge in [-0.15, -0.1) is 11.6 Å². The van der Waals surface area contributed by atoms with Gasteiger partial charge >= 0.3 is 0 Å². The Morgan fingerprint density at radius 2 is 2.05 bits per heavy atom. The maximum Gasteiger partial charge on any atom is 0.215 e. The van der Waals surface area contributed by atoms with E-state index in [4.69, 9.17) is 16.3 Å². The summed E-state index contributed by atoms with van der Waals surface area (Å²) in [4.78, 5) is 11.4. The van der Waals surface area contributed by atoms with Crippen molar-refractivity contribution < 1.29 is 4.74 Å². The van der Waals surface area contributed by atoms with Gasteiger partial charge < -0.3 is 14.2 Å². The molecule has 0 spiro atoms. The first-order valence-electron chi connectivity index (χ1n) is 7.26. The molecule has 0 aromatic carbocycles. The molecule has 21 heavy (non-hydrogen) atoms. The molecule has 5 nitrogen and oxygen atoms in total. The summed E-state index contributed by atoms with van der Waals surface area (Å²) in [6.07, 6.45) is 3.00. The average molecular weight is 311 g/mol. The summed E-state index contributed by atoms with van der Waals surface area (Å²) in [5, 5.41) is 0. The first-order valence-corrected chi connectivity index (χ1v) is 7.80. The number of hydrogen-bond donors (Lipinski definition) is 0. The van der Waals surface area contributed by atoms with Gasteiger partial charge in [0.2, 0.25) is 5.88 Å². The largest absolute Gasteiger partial charge is 0.481 e. The quantitative estimate of drug-likeness (QED) is 0.555. The molecule has 0 saturated carbocycles. The Hall–Kier alpha value is -1.33. The van der Waals surface area contributed by atoms with Gasteiger partial charge in [0.15, 0.2) is 5.65 Å². The van der Waals surface area contributed by atoms with E-state index in [0.29, 0.717) is 11.8 Å². The Morgan fingerprint density at radius 3 is 2.71 bits per heavy atom. The molecule has 116 valence electrons. The summed E-state index contributed by atoms with van der Waals surface area (Å²) >= 11 is 5.89. The van der Waals surface area contributed by atoms with Crippen LogP contribution in [0.1, 0.15) is 18.7 Å².